The highest BCUT2D eigenvalue weighted by Crippen LogP contribution is 2.28. The topological polar surface area (TPSA) is 46.2 Å². The molecule has 92 valence electrons. The molecule has 4 heteroatoms. The van der Waals surface area contributed by atoms with Crippen LogP contribution in [0.15, 0.2) is 45.8 Å². The van der Waals surface area contributed by atoms with Crippen LogP contribution in [0.5, 0.6) is 0 Å². The van der Waals surface area contributed by atoms with Crippen LogP contribution in [0.25, 0.3) is 0 Å². The van der Waals surface area contributed by atoms with Crippen molar-refractivity contribution in [2.45, 2.75) is 31.1 Å². The molecule has 3 nitrogen and oxygen atoms in total. The van der Waals surface area contributed by atoms with Crippen LogP contribution in [0.4, 0.5) is 0 Å². The lowest BCUT2D eigenvalue weighted by Gasteiger charge is -2.21. The van der Waals surface area contributed by atoms with E-state index in [0.29, 0.717) is 16.2 Å². The van der Waals surface area contributed by atoms with E-state index in [0.717, 1.165) is 25.1 Å². The third kappa shape index (κ3) is 2.36. The van der Waals surface area contributed by atoms with Gasteiger partial charge in [-0.3, -0.25) is 0 Å². The minimum absolute atomic E-state index is 0.393. The summed E-state index contributed by atoms with van der Waals surface area (Å²) in [6, 6.07) is 8.66. The molecule has 0 saturated carbocycles. The second kappa shape index (κ2) is 4.92. The summed E-state index contributed by atoms with van der Waals surface area (Å²) in [6.45, 7) is 2.85. The van der Waals surface area contributed by atoms with E-state index in [2.05, 4.69) is 5.32 Å². The predicted molar refractivity (Wildman–Crippen MR) is 68.2 cm³/mol. The predicted octanol–water partition coefficient (Wildman–Crippen LogP) is 2.47. The smallest absolute Gasteiger partial charge is 0.204 e. The molecular formula is C13H17NO2S. The van der Waals surface area contributed by atoms with Gasteiger partial charge in [-0.15, -0.1) is 0 Å². The van der Waals surface area contributed by atoms with Gasteiger partial charge in [0.05, 0.1) is 9.80 Å². The van der Waals surface area contributed by atoms with Crippen LogP contribution in [0.2, 0.25) is 0 Å². The van der Waals surface area contributed by atoms with E-state index in [9.17, 15) is 8.42 Å². The molecule has 0 unspecified atom stereocenters. The lowest BCUT2D eigenvalue weighted by Crippen LogP contribution is -2.24. The molecule has 1 aliphatic rings. The Bertz CT molecular complexity index is 518. The van der Waals surface area contributed by atoms with Gasteiger partial charge in [-0.1, -0.05) is 25.1 Å². The van der Waals surface area contributed by atoms with Gasteiger partial charge in [-0.2, -0.15) is 0 Å². The molecule has 17 heavy (non-hydrogen) atoms. The highest BCUT2D eigenvalue weighted by atomic mass is 32.2. The Labute approximate surface area is 102 Å². The van der Waals surface area contributed by atoms with Crippen LogP contribution in [-0.2, 0) is 9.84 Å². The average Bonchev–Trinajstić information content (AvgIpc) is 2.39. The van der Waals surface area contributed by atoms with E-state index in [4.69, 9.17) is 0 Å². The van der Waals surface area contributed by atoms with E-state index in [1.807, 2.05) is 13.0 Å². The third-order valence-electron chi connectivity index (χ3n) is 2.99. The first-order valence-corrected chi connectivity index (χ1v) is 7.40. The standard InChI is InChI=1S/C13H17NO2S/c1-2-12-13(9-6-10-14-12)17(15,16)11-7-4-3-5-8-11/h3-5,7-8,14H,2,6,9-10H2,1H3. The SMILES string of the molecule is CCC1=C(S(=O)(=O)c2ccccc2)CCCN1. The zero-order valence-corrected chi connectivity index (χ0v) is 10.8. The summed E-state index contributed by atoms with van der Waals surface area (Å²) in [5, 5.41) is 3.20. The molecule has 0 saturated heterocycles. The molecule has 1 aliphatic heterocycles. The Balaban J connectivity index is 2.49. The first-order chi connectivity index (χ1) is 8.16. The normalized spacial score (nSPS) is 16.8. The molecule has 0 spiro atoms. The zero-order chi connectivity index (χ0) is 12.3. The van der Waals surface area contributed by atoms with Crippen molar-refractivity contribution in [3.05, 3.63) is 40.9 Å². The van der Waals surface area contributed by atoms with Gasteiger partial charge >= 0.3 is 0 Å². The van der Waals surface area contributed by atoms with Crippen molar-refractivity contribution < 1.29 is 8.42 Å². The Kier molecular flexibility index (Phi) is 3.52. The van der Waals surface area contributed by atoms with Gasteiger partial charge in [0.1, 0.15) is 0 Å². The number of hydrogen-bond acceptors (Lipinski definition) is 3. The lowest BCUT2D eigenvalue weighted by atomic mass is 10.1. The number of nitrogens with one attached hydrogen (secondary N) is 1. The minimum atomic E-state index is -3.31. The molecule has 0 radical (unpaired) electrons. The van der Waals surface area contributed by atoms with Crippen LogP contribution in [0.3, 0.4) is 0 Å². The number of benzene rings is 1. The fourth-order valence-electron chi connectivity index (χ4n) is 2.10. The molecule has 1 aromatic carbocycles. The number of sulfone groups is 1. The maximum atomic E-state index is 12.5. The number of allylic oxidation sites excluding steroid dienone is 2. The minimum Gasteiger partial charge on any atom is -0.388 e. The number of rotatable bonds is 3. The third-order valence-corrected chi connectivity index (χ3v) is 4.98. The first-order valence-electron chi connectivity index (χ1n) is 5.92. The quantitative estimate of drug-likeness (QED) is 0.897. The van der Waals surface area contributed by atoms with Crippen molar-refractivity contribution >= 4 is 9.84 Å². The second-order valence-corrected chi connectivity index (χ2v) is 6.07. The summed E-state index contributed by atoms with van der Waals surface area (Å²) in [6.07, 6.45) is 2.26. The van der Waals surface area contributed by atoms with E-state index in [1.54, 1.807) is 24.3 Å². The maximum absolute atomic E-state index is 12.5. The molecule has 1 aromatic rings. The number of hydrogen-bond donors (Lipinski definition) is 1. The van der Waals surface area contributed by atoms with Crippen molar-refractivity contribution in [1.29, 1.82) is 0 Å². The van der Waals surface area contributed by atoms with Crippen molar-refractivity contribution in [3.8, 4) is 0 Å². The zero-order valence-electron chi connectivity index (χ0n) is 9.94. The molecule has 0 aromatic heterocycles. The molecule has 0 bridgehead atoms. The summed E-state index contributed by atoms with van der Waals surface area (Å²) in [7, 11) is -3.31. The van der Waals surface area contributed by atoms with Gasteiger partial charge in [0, 0.05) is 12.2 Å². The molecule has 0 amide bonds. The van der Waals surface area contributed by atoms with Crippen molar-refractivity contribution in [2.75, 3.05) is 6.54 Å². The van der Waals surface area contributed by atoms with Gasteiger partial charge in [0.15, 0.2) is 0 Å². The van der Waals surface area contributed by atoms with Crippen LogP contribution in [-0.4, -0.2) is 15.0 Å². The maximum Gasteiger partial charge on any atom is 0.204 e. The first kappa shape index (κ1) is 12.2. The van der Waals surface area contributed by atoms with Gasteiger partial charge in [-0.05, 0) is 31.4 Å². The van der Waals surface area contributed by atoms with Gasteiger partial charge < -0.3 is 5.32 Å². The monoisotopic (exact) mass is 251 g/mol. The van der Waals surface area contributed by atoms with Crippen molar-refractivity contribution in [3.63, 3.8) is 0 Å². The molecule has 1 N–H and O–H groups in total. The van der Waals surface area contributed by atoms with Crippen LogP contribution in [0.1, 0.15) is 26.2 Å². The van der Waals surface area contributed by atoms with E-state index < -0.39 is 9.84 Å². The van der Waals surface area contributed by atoms with Crippen LogP contribution in [0, 0.1) is 0 Å². The summed E-state index contributed by atoms with van der Waals surface area (Å²) < 4.78 is 24.9. The van der Waals surface area contributed by atoms with Gasteiger partial charge in [0.25, 0.3) is 0 Å². The Morgan fingerprint density at radius 2 is 1.94 bits per heavy atom. The summed E-state index contributed by atoms with van der Waals surface area (Å²) in [5.41, 5.74) is 0.875. The molecular weight excluding hydrogens is 234 g/mol. The molecule has 0 fully saturated rings. The lowest BCUT2D eigenvalue weighted by molar-refractivity contribution is 0.588. The molecule has 1 heterocycles. The fraction of sp³-hybridized carbons (Fsp3) is 0.385. The van der Waals surface area contributed by atoms with Crippen LogP contribution < -0.4 is 5.32 Å². The molecule has 0 aliphatic carbocycles. The van der Waals surface area contributed by atoms with Crippen molar-refractivity contribution in [1.82, 2.24) is 5.32 Å². The Hall–Kier alpha value is -1.29. The van der Waals surface area contributed by atoms with Gasteiger partial charge in [0.2, 0.25) is 9.84 Å². The highest BCUT2D eigenvalue weighted by Gasteiger charge is 2.25. The Morgan fingerprint density at radius 3 is 2.59 bits per heavy atom. The molecule has 0 atom stereocenters. The van der Waals surface area contributed by atoms with E-state index in [1.165, 1.54) is 0 Å². The molecule has 2 rings (SSSR count). The van der Waals surface area contributed by atoms with Gasteiger partial charge in [-0.25, -0.2) is 8.42 Å². The Morgan fingerprint density at radius 1 is 1.24 bits per heavy atom. The van der Waals surface area contributed by atoms with Crippen molar-refractivity contribution in [2.24, 2.45) is 0 Å². The summed E-state index contributed by atoms with van der Waals surface area (Å²) >= 11 is 0. The highest BCUT2D eigenvalue weighted by molar-refractivity contribution is 7.95. The van der Waals surface area contributed by atoms with E-state index >= 15 is 0 Å². The average molecular weight is 251 g/mol. The fourth-order valence-corrected chi connectivity index (χ4v) is 3.85. The van der Waals surface area contributed by atoms with E-state index in [-0.39, 0.29) is 0 Å². The summed E-state index contributed by atoms with van der Waals surface area (Å²) in [5.74, 6) is 0. The second-order valence-electron chi connectivity index (χ2n) is 4.10. The summed E-state index contributed by atoms with van der Waals surface area (Å²) in [4.78, 5) is 0.960. The van der Waals surface area contributed by atoms with Crippen LogP contribution >= 0.6 is 0 Å². The largest absolute Gasteiger partial charge is 0.388 e.